The van der Waals surface area contributed by atoms with Crippen molar-refractivity contribution in [1.29, 1.82) is 0 Å². The smallest absolute Gasteiger partial charge is 0.278 e. The van der Waals surface area contributed by atoms with Gasteiger partial charge in [0.15, 0.2) is 16.4 Å². The van der Waals surface area contributed by atoms with E-state index in [9.17, 15) is 13.2 Å². The maximum Gasteiger partial charge on any atom is 0.278 e. The normalized spacial score (nSPS) is 25.9. The van der Waals surface area contributed by atoms with E-state index in [1.54, 1.807) is 0 Å². The van der Waals surface area contributed by atoms with Gasteiger partial charge in [-0.3, -0.25) is 9.69 Å². The van der Waals surface area contributed by atoms with Gasteiger partial charge in [0.05, 0.1) is 17.7 Å². The van der Waals surface area contributed by atoms with Crippen molar-refractivity contribution in [2.24, 2.45) is 0 Å². The van der Waals surface area contributed by atoms with Crippen molar-refractivity contribution in [3.05, 3.63) is 24.4 Å². The van der Waals surface area contributed by atoms with Gasteiger partial charge >= 0.3 is 0 Å². The number of aromatic amines is 1. The zero-order valence-electron chi connectivity index (χ0n) is 16.5. The highest BCUT2D eigenvalue weighted by Crippen LogP contribution is 2.29. The van der Waals surface area contributed by atoms with Gasteiger partial charge in [0.1, 0.15) is 26.2 Å². The molecule has 28 heavy (non-hydrogen) atoms. The monoisotopic (exact) mass is 408 g/mol. The van der Waals surface area contributed by atoms with E-state index in [4.69, 9.17) is 0 Å². The number of carbonyl (C=O) groups is 1. The molecular weight excluding hydrogens is 376 g/mol. The fourth-order valence-corrected chi connectivity index (χ4v) is 6.72. The van der Waals surface area contributed by atoms with Crippen molar-refractivity contribution in [3.63, 3.8) is 0 Å². The van der Waals surface area contributed by atoms with Crippen molar-refractivity contribution in [2.45, 2.75) is 44.2 Å². The van der Waals surface area contributed by atoms with Crippen LogP contribution in [-0.2, 0) is 14.6 Å². The highest BCUT2D eigenvalue weighted by Gasteiger charge is 2.40. The summed E-state index contributed by atoms with van der Waals surface area (Å²) in [6.45, 7) is 4.18. The van der Waals surface area contributed by atoms with Crippen LogP contribution in [0.5, 0.6) is 0 Å². The van der Waals surface area contributed by atoms with Crippen molar-refractivity contribution in [1.82, 2.24) is 4.90 Å². The molecule has 0 unspecified atom stereocenters. The summed E-state index contributed by atoms with van der Waals surface area (Å²) in [6.07, 6.45) is 6.88. The third-order valence-electron chi connectivity index (χ3n) is 6.51. The summed E-state index contributed by atoms with van der Waals surface area (Å²) < 4.78 is 24.0. The average molecular weight is 409 g/mol. The number of nitrogens with zero attached hydrogens (tertiary/aromatic N) is 2. The summed E-state index contributed by atoms with van der Waals surface area (Å²) in [6, 6.07) is 6.22. The Labute approximate surface area is 167 Å². The number of amides is 1. The molecule has 1 atom stereocenters. The molecule has 2 saturated heterocycles. The van der Waals surface area contributed by atoms with Crippen LogP contribution in [0.25, 0.3) is 0 Å². The van der Waals surface area contributed by atoms with Crippen LogP contribution in [0.15, 0.2) is 24.4 Å². The summed E-state index contributed by atoms with van der Waals surface area (Å²) in [5.41, 5.74) is 0. The van der Waals surface area contributed by atoms with Gasteiger partial charge in [-0.15, -0.1) is 0 Å². The highest BCUT2D eigenvalue weighted by molar-refractivity contribution is 7.91. The van der Waals surface area contributed by atoms with Crippen LogP contribution in [0.2, 0.25) is 0 Å². The molecule has 0 aromatic carbocycles. The lowest BCUT2D eigenvalue weighted by Gasteiger charge is -2.35. The minimum absolute atomic E-state index is 0.111. The first-order valence-corrected chi connectivity index (χ1v) is 12.4. The van der Waals surface area contributed by atoms with Gasteiger partial charge in [0, 0.05) is 18.2 Å². The summed E-state index contributed by atoms with van der Waals surface area (Å²) in [4.78, 5) is 22.1. The van der Waals surface area contributed by atoms with E-state index < -0.39 is 9.84 Å². The van der Waals surface area contributed by atoms with Crippen molar-refractivity contribution in [2.75, 3.05) is 49.1 Å². The Bertz CT molecular complexity index is 772. The molecule has 0 spiro atoms. The second-order valence-corrected chi connectivity index (χ2v) is 10.7. The van der Waals surface area contributed by atoms with Crippen molar-refractivity contribution < 1.29 is 23.1 Å². The molecule has 1 aliphatic carbocycles. The lowest BCUT2D eigenvalue weighted by molar-refractivity contribution is -0.893. The second-order valence-electron chi connectivity index (χ2n) is 8.46. The number of hydrogen-bond acceptors (Lipinski definition) is 4. The first-order valence-electron chi connectivity index (χ1n) is 10.6. The van der Waals surface area contributed by atoms with E-state index in [0.717, 1.165) is 57.7 Å². The maximum absolute atomic E-state index is 13.2. The molecule has 3 fully saturated rings. The Morgan fingerprint density at radius 2 is 1.89 bits per heavy atom. The molecule has 0 bridgehead atoms. The van der Waals surface area contributed by atoms with Crippen molar-refractivity contribution >= 4 is 21.6 Å². The number of aromatic nitrogens is 1. The molecule has 3 aliphatic rings. The first-order chi connectivity index (χ1) is 13.5. The summed E-state index contributed by atoms with van der Waals surface area (Å²) in [5, 5.41) is 0. The molecule has 2 aliphatic heterocycles. The number of sulfone groups is 1. The number of carbonyl (C=O) groups excluding carboxylic acids is 1. The topological polar surface area (TPSA) is 76.3 Å². The number of piperazine rings is 1. The second kappa shape index (κ2) is 8.37. The van der Waals surface area contributed by atoms with Gasteiger partial charge < -0.3 is 9.80 Å². The van der Waals surface area contributed by atoms with Gasteiger partial charge in [-0.1, -0.05) is 18.9 Å². The molecule has 2 N–H and O–H groups in total. The van der Waals surface area contributed by atoms with Crippen LogP contribution in [0.4, 0.5) is 5.82 Å². The molecule has 8 heteroatoms. The van der Waals surface area contributed by atoms with Crippen LogP contribution in [0, 0.1) is 0 Å². The third kappa shape index (κ3) is 4.49. The van der Waals surface area contributed by atoms with Gasteiger partial charge in [-0.05, 0) is 25.3 Å². The van der Waals surface area contributed by atoms with Crippen LogP contribution in [-0.4, -0.2) is 75.5 Å². The minimum Gasteiger partial charge on any atom is -0.331 e. The fourth-order valence-electron chi connectivity index (χ4n) is 5.01. The zero-order valence-corrected chi connectivity index (χ0v) is 17.3. The SMILES string of the molecule is O=C(C[NH+]1CCN(c2cccc[nH+]2)CC1)N(C1CCCC1)[C@@H]1CCS(=O)(=O)C1. The van der Waals surface area contributed by atoms with Gasteiger partial charge in [0.2, 0.25) is 0 Å². The van der Waals surface area contributed by atoms with E-state index >= 15 is 0 Å². The molecule has 1 amide bonds. The van der Waals surface area contributed by atoms with Gasteiger partial charge in [0.25, 0.3) is 11.7 Å². The molecule has 154 valence electrons. The quantitative estimate of drug-likeness (QED) is 0.690. The molecule has 1 saturated carbocycles. The lowest BCUT2D eigenvalue weighted by Crippen LogP contribution is -3.16. The van der Waals surface area contributed by atoms with E-state index in [-0.39, 0.29) is 29.5 Å². The summed E-state index contributed by atoms with van der Waals surface area (Å²) in [7, 11) is -2.99. The Morgan fingerprint density at radius 3 is 2.50 bits per heavy atom. The number of anilines is 1. The molecule has 0 radical (unpaired) electrons. The molecule has 4 rings (SSSR count). The highest BCUT2D eigenvalue weighted by atomic mass is 32.2. The summed E-state index contributed by atoms with van der Waals surface area (Å²) in [5.74, 6) is 1.66. The molecule has 1 aromatic rings. The largest absolute Gasteiger partial charge is 0.331 e. The lowest BCUT2D eigenvalue weighted by atomic mass is 10.1. The molecule has 1 aromatic heterocycles. The zero-order chi connectivity index (χ0) is 19.6. The average Bonchev–Trinajstić information content (AvgIpc) is 3.33. The van der Waals surface area contributed by atoms with Crippen LogP contribution < -0.4 is 14.8 Å². The minimum atomic E-state index is -2.99. The molecule has 3 heterocycles. The summed E-state index contributed by atoms with van der Waals surface area (Å²) >= 11 is 0. The number of hydrogen-bond donors (Lipinski definition) is 1. The Morgan fingerprint density at radius 1 is 1.14 bits per heavy atom. The van der Waals surface area contributed by atoms with Crippen LogP contribution >= 0.6 is 0 Å². The van der Waals surface area contributed by atoms with Crippen LogP contribution in [0.3, 0.4) is 0 Å². The van der Waals surface area contributed by atoms with E-state index in [0.29, 0.717) is 13.0 Å². The Kier molecular flexibility index (Phi) is 5.87. The van der Waals surface area contributed by atoms with Crippen molar-refractivity contribution in [3.8, 4) is 0 Å². The number of rotatable bonds is 5. The molecule has 7 nitrogen and oxygen atoms in total. The van der Waals surface area contributed by atoms with E-state index in [1.165, 1.54) is 4.90 Å². The Hall–Kier alpha value is -1.67. The molecular formula is C20H32N4O3S+2. The fraction of sp³-hybridized carbons (Fsp3) is 0.700. The van der Waals surface area contributed by atoms with E-state index in [1.807, 2.05) is 23.2 Å². The number of nitrogens with one attached hydrogen (secondary N) is 2. The number of H-pyrrole nitrogens is 1. The third-order valence-corrected chi connectivity index (χ3v) is 8.26. The maximum atomic E-state index is 13.2. The van der Waals surface area contributed by atoms with Crippen LogP contribution in [0.1, 0.15) is 32.1 Å². The predicted octanol–water partition coefficient (Wildman–Crippen LogP) is -0.836. The van der Waals surface area contributed by atoms with Gasteiger partial charge in [-0.25, -0.2) is 13.4 Å². The first kappa shape index (κ1) is 19.6. The standard InChI is InChI=1S/C20H30N4O3S/c25-20(15-22-10-12-23(13-11-22)19-7-3-4-9-21-19)24(17-5-1-2-6-17)18-8-14-28(26,27)16-18/h3-4,7,9,17-18H,1-2,5-6,8,10-16H2/p+2/t18-/m1/s1. The predicted molar refractivity (Wildman–Crippen MR) is 107 cm³/mol. The number of pyridine rings is 1. The number of quaternary nitrogens is 1. The van der Waals surface area contributed by atoms with E-state index in [2.05, 4.69) is 16.0 Å². The Balaban J connectivity index is 1.37. The van der Waals surface area contributed by atoms with Gasteiger partial charge in [-0.2, -0.15) is 0 Å².